The second kappa shape index (κ2) is 6.14. The molecule has 0 atom stereocenters. The first-order valence-corrected chi connectivity index (χ1v) is 7.46. The maximum absolute atomic E-state index is 11.5. The van der Waals surface area contributed by atoms with Crippen LogP contribution in [0.3, 0.4) is 0 Å². The van der Waals surface area contributed by atoms with Gasteiger partial charge in [0.15, 0.2) is 0 Å². The maximum Gasteiger partial charge on any atom is 0.338 e. The third kappa shape index (κ3) is 2.80. The molecule has 3 nitrogen and oxygen atoms in total. The van der Waals surface area contributed by atoms with Crippen LogP contribution >= 0.6 is 11.8 Å². The van der Waals surface area contributed by atoms with E-state index in [0.29, 0.717) is 5.56 Å². The topological polar surface area (TPSA) is 40.5 Å². The summed E-state index contributed by atoms with van der Waals surface area (Å²) in [5.41, 5.74) is 1.37. The number of benzene rings is 1. The normalized spacial score (nSPS) is 15.7. The number of anilines is 1. The average molecular weight is 265 g/mol. The number of carbonyl (C=O) groups is 1. The Kier molecular flexibility index (Phi) is 4.53. The quantitative estimate of drug-likeness (QED) is 0.846. The van der Waals surface area contributed by atoms with Crippen molar-refractivity contribution in [3.8, 4) is 0 Å². The van der Waals surface area contributed by atoms with Gasteiger partial charge in [-0.15, -0.1) is 11.8 Å². The number of aromatic carboxylic acids is 1. The Hall–Kier alpha value is -1.16. The van der Waals surface area contributed by atoms with Crippen LogP contribution in [0.25, 0.3) is 0 Å². The minimum Gasteiger partial charge on any atom is -0.478 e. The molecule has 18 heavy (non-hydrogen) atoms. The van der Waals surface area contributed by atoms with E-state index < -0.39 is 5.97 Å². The van der Waals surface area contributed by atoms with E-state index in [2.05, 4.69) is 4.90 Å². The molecular weight excluding hydrogens is 246 g/mol. The van der Waals surface area contributed by atoms with Crippen LogP contribution in [0.15, 0.2) is 23.1 Å². The van der Waals surface area contributed by atoms with Gasteiger partial charge in [0.05, 0.1) is 11.3 Å². The average Bonchev–Trinajstić information content (AvgIpc) is 2.39. The van der Waals surface area contributed by atoms with Crippen LogP contribution in [0.4, 0.5) is 5.69 Å². The Labute approximate surface area is 112 Å². The predicted molar refractivity (Wildman–Crippen MR) is 75.9 cm³/mol. The van der Waals surface area contributed by atoms with Crippen LogP contribution in [0, 0.1) is 0 Å². The summed E-state index contributed by atoms with van der Waals surface area (Å²) in [6, 6.07) is 5.81. The summed E-state index contributed by atoms with van der Waals surface area (Å²) in [5, 5.41) is 9.46. The van der Waals surface area contributed by atoms with Crippen molar-refractivity contribution >= 4 is 23.4 Å². The fraction of sp³-hybridized carbons (Fsp3) is 0.500. The second-order valence-corrected chi connectivity index (χ2v) is 5.74. The van der Waals surface area contributed by atoms with Crippen molar-refractivity contribution in [3.05, 3.63) is 23.8 Å². The summed E-state index contributed by atoms with van der Waals surface area (Å²) >= 11 is 1.60. The summed E-state index contributed by atoms with van der Waals surface area (Å²) in [5.74, 6) is 0.0797. The van der Waals surface area contributed by atoms with Gasteiger partial charge in [0.1, 0.15) is 0 Å². The number of carboxylic acid groups (broad SMARTS) is 1. The Morgan fingerprint density at radius 2 is 2.06 bits per heavy atom. The SMILES string of the molecule is CCSc1cccc(N2CCCCC2)c1C(=O)O. The van der Waals surface area contributed by atoms with Crippen LogP contribution in [0.1, 0.15) is 36.5 Å². The Morgan fingerprint density at radius 3 is 2.67 bits per heavy atom. The van der Waals surface area contributed by atoms with E-state index in [-0.39, 0.29) is 0 Å². The molecule has 1 aromatic carbocycles. The molecule has 2 rings (SSSR count). The molecule has 0 unspecified atom stereocenters. The number of nitrogens with zero attached hydrogens (tertiary/aromatic N) is 1. The molecule has 1 N–H and O–H groups in total. The molecule has 98 valence electrons. The highest BCUT2D eigenvalue weighted by atomic mass is 32.2. The number of carboxylic acids is 1. The molecule has 0 aromatic heterocycles. The zero-order valence-electron chi connectivity index (χ0n) is 10.7. The van der Waals surface area contributed by atoms with Crippen LogP contribution < -0.4 is 4.90 Å². The molecule has 0 aliphatic carbocycles. The molecule has 0 saturated carbocycles. The van der Waals surface area contributed by atoms with E-state index in [9.17, 15) is 9.90 Å². The highest BCUT2D eigenvalue weighted by Gasteiger charge is 2.21. The van der Waals surface area contributed by atoms with Crippen molar-refractivity contribution in [1.82, 2.24) is 0 Å². The van der Waals surface area contributed by atoms with Gasteiger partial charge in [-0.2, -0.15) is 0 Å². The predicted octanol–water partition coefficient (Wildman–Crippen LogP) is 3.49. The van der Waals surface area contributed by atoms with E-state index in [1.54, 1.807) is 11.8 Å². The summed E-state index contributed by atoms with van der Waals surface area (Å²) in [6.07, 6.45) is 3.57. The number of hydrogen-bond donors (Lipinski definition) is 1. The molecule has 1 fully saturated rings. The van der Waals surface area contributed by atoms with E-state index in [1.807, 2.05) is 25.1 Å². The Balaban J connectivity index is 2.38. The highest BCUT2D eigenvalue weighted by Crippen LogP contribution is 2.32. The zero-order chi connectivity index (χ0) is 13.0. The summed E-state index contributed by atoms with van der Waals surface area (Å²) in [6.45, 7) is 3.99. The van der Waals surface area contributed by atoms with Crippen LogP contribution in [-0.2, 0) is 0 Å². The Bertz CT molecular complexity index is 428. The second-order valence-electron chi connectivity index (χ2n) is 4.44. The lowest BCUT2D eigenvalue weighted by Crippen LogP contribution is -2.31. The summed E-state index contributed by atoms with van der Waals surface area (Å²) in [7, 11) is 0. The lowest BCUT2D eigenvalue weighted by Gasteiger charge is -2.30. The van der Waals surface area contributed by atoms with Crippen LogP contribution in [-0.4, -0.2) is 29.9 Å². The molecule has 1 aromatic rings. The van der Waals surface area contributed by atoms with Gasteiger partial charge < -0.3 is 10.0 Å². The van der Waals surface area contributed by atoms with Gasteiger partial charge in [-0.25, -0.2) is 4.79 Å². The Morgan fingerprint density at radius 1 is 1.33 bits per heavy atom. The number of hydrogen-bond acceptors (Lipinski definition) is 3. The molecule has 1 aliphatic rings. The maximum atomic E-state index is 11.5. The number of rotatable bonds is 4. The first-order chi connectivity index (χ1) is 8.74. The highest BCUT2D eigenvalue weighted by molar-refractivity contribution is 7.99. The van der Waals surface area contributed by atoms with Gasteiger partial charge in [-0.3, -0.25) is 0 Å². The first-order valence-electron chi connectivity index (χ1n) is 6.48. The van der Waals surface area contributed by atoms with Crippen molar-refractivity contribution in [2.75, 3.05) is 23.7 Å². The van der Waals surface area contributed by atoms with Crippen molar-refractivity contribution in [2.45, 2.75) is 31.1 Å². The molecule has 4 heteroatoms. The van der Waals surface area contributed by atoms with Crippen LogP contribution in [0.5, 0.6) is 0 Å². The molecule has 1 heterocycles. The van der Waals surface area contributed by atoms with Gasteiger partial charge in [-0.1, -0.05) is 13.0 Å². The van der Waals surface area contributed by atoms with Gasteiger partial charge in [0.2, 0.25) is 0 Å². The fourth-order valence-electron chi connectivity index (χ4n) is 2.41. The molecule has 0 amide bonds. The van der Waals surface area contributed by atoms with E-state index >= 15 is 0 Å². The number of thioether (sulfide) groups is 1. The summed E-state index contributed by atoms with van der Waals surface area (Å²) in [4.78, 5) is 14.6. The van der Waals surface area contributed by atoms with Gasteiger partial charge >= 0.3 is 5.97 Å². The fourth-order valence-corrected chi connectivity index (χ4v) is 3.23. The van der Waals surface area contributed by atoms with Crippen molar-refractivity contribution in [1.29, 1.82) is 0 Å². The van der Waals surface area contributed by atoms with Gasteiger partial charge in [-0.05, 0) is 37.1 Å². The van der Waals surface area contributed by atoms with E-state index in [4.69, 9.17) is 0 Å². The molecule has 1 saturated heterocycles. The smallest absolute Gasteiger partial charge is 0.338 e. The van der Waals surface area contributed by atoms with E-state index in [1.165, 1.54) is 6.42 Å². The minimum atomic E-state index is -0.813. The zero-order valence-corrected chi connectivity index (χ0v) is 11.5. The monoisotopic (exact) mass is 265 g/mol. The third-order valence-corrected chi connectivity index (χ3v) is 4.15. The lowest BCUT2D eigenvalue weighted by atomic mass is 10.1. The molecule has 0 bridgehead atoms. The standard InChI is InChI=1S/C14H19NO2S/c1-2-18-12-8-6-7-11(13(12)14(16)17)15-9-4-3-5-10-15/h6-8H,2-5,9-10H2,1H3,(H,16,17). The largest absolute Gasteiger partial charge is 0.478 e. The molecule has 0 spiro atoms. The van der Waals surface area contributed by atoms with Crippen molar-refractivity contribution < 1.29 is 9.90 Å². The summed E-state index contributed by atoms with van der Waals surface area (Å²) < 4.78 is 0. The minimum absolute atomic E-state index is 0.478. The molecular formula is C14H19NO2S. The molecule has 1 aliphatic heterocycles. The van der Waals surface area contributed by atoms with E-state index in [0.717, 1.165) is 42.3 Å². The van der Waals surface area contributed by atoms with Crippen LogP contribution in [0.2, 0.25) is 0 Å². The van der Waals surface area contributed by atoms with Gasteiger partial charge in [0, 0.05) is 18.0 Å². The lowest BCUT2D eigenvalue weighted by molar-refractivity contribution is 0.0693. The third-order valence-electron chi connectivity index (χ3n) is 3.21. The van der Waals surface area contributed by atoms with Crippen molar-refractivity contribution in [3.63, 3.8) is 0 Å². The molecule has 0 radical (unpaired) electrons. The first kappa shape index (κ1) is 13.3. The van der Waals surface area contributed by atoms with Crippen molar-refractivity contribution in [2.24, 2.45) is 0 Å². The van der Waals surface area contributed by atoms with Gasteiger partial charge in [0.25, 0.3) is 0 Å². The number of piperidine rings is 1.